The summed E-state index contributed by atoms with van der Waals surface area (Å²) in [6.07, 6.45) is 3.08. The first-order valence-electron chi connectivity index (χ1n) is 5.61. The fourth-order valence-corrected chi connectivity index (χ4v) is 1.59. The molecule has 1 unspecified atom stereocenters. The van der Waals surface area contributed by atoms with Crippen LogP contribution in [0, 0.1) is 0 Å². The van der Waals surface area contributed by atoms with E-state index >= 15 is 0 Å². The maximum absolute atomic E-state index is 9.59. The van der Waals surface area contributed by atoms with Crippen molar-refractivity contribution in [2.45, 2.75) is 18.9 Å². The van der Waals surface area contributed by atoms with Crippen molar-refractivity contribution in [3.05, 3.63) is 6.20 Å². The molecule has 0 amide bonds. The highest BCUT2D eigenvalue weighted by Crippen LogP contribution is 2.04. The van der Waals surface area contributed by atoms with E-state index in [1.54, 1.807) is 7.11 Å². The second-order valence-corrected chi connectivity index (χ2v) is 4.17. The lowest BCUT2D eigenvalue weighted by Crippen LogP contribution is -2.32. The zero-order valence-electron chi connectivity index (χ0n) is 9.96. The van der Waals surface area contributed by atoms with Gasteiger partial charge in [-0.2, -0.15) is 4.37 Å². The largest absolute Gasteiger partial charge is 0.473 e. The van der Waals surface area contributed by atoms with Gasteiger partial charge < -0.3 is 19.9 Å². The van der Waals surface area contributed by atoms with Crippen LogP contribution >= 0.6 is 11.7 Å². The average Bonchev–Trinajstić information content (AvgIpc) is 2.84. The molecule has 98 valence electrons. The van der Waals surface area contributed by atoms with Gasteiger partial charge in [0.1, 0.15) is 18.9 Å². The molecule has 0 radical (unpaired) electrons. The normalized spacial score (nSPS) is 12.6. The number of aliphatic hydroxyl groups excluding tert-OH is 1. The van der Waals surface area contributed by atoms with E-state index in [0.717, 1.165) is 37.7 Å². The van der Waals surface area contributed by atoms with Crippen LogP contribution in [0.1, 0.15) is 12.8 Å². The van der Waals surface area contributed by atoms with Crippen molar-refractivity contribution >= 4 is 11.7 Å². The van der Waals surface area contributed by atoms with Crippen LogP contribution in [0.15, 0.2) is 6.20 Å². The molecule has 0 spiro atoms. The van der Waals surface area contributed by atoms with Crippen LogP contribution in [0.3, 0.4) is 0 Å². The summed E-state index contributed by atoms with van der Waals surface area (Å²) in [4.78, 5) is 0. The molecule has 0 saturated heterocycles. The predicted octanol–water partition coefficient (Wildman–Crippen LogP) is 0.294. The molecule has 1 aromatic heterocycles. The third kappa shape index (κ3) is 7.22. The predicted molar refractivity (Wildman–Crippen MR) is 65.4 cm³/mol. The van der Waals surface area contributed by atoms with Crippen LogP contribution in [-0.2, 0) is 4.74 Å². The topological polar surface area (TPSA) is 76.5 Å². The monoisotopic (exact) mass is 261 g/mol. The maximum Gasteiger partial charge on any atom is 0.245 e. The first-order valence-corrected chi connectivity index (χ1v) is 6.34. The van der Waals surface area contributed by atoms with Crippen molar-refractivity contribution in [2.24, 2.45) is 0 Å². The highest BCUT2D eigenvalue weighted by molar-refractivity contribution is 6.99. The third-order valence-corrected chi connectivity index (χ3v) is 2.56. The molecule has 1 aromatic rings. The van der Waals surface area contributed by atoms with Gasteiger partial charge in [0.15, 0.2) is 0 Å². The number of ether oxygens (including phenoxy) is 2. The van der Waals surface area contributed by atoms with E-state index in [4.69, 9.17) is 9.47 Å². The van der Waals surface area contributed by atoms with Crippen LogP contribution in [0.25, 0.3) is 0 Å². The zero-order valence-corrected chi connectivity index (χ0v) is 10.8. The lowest BCUT2D eigenvalue weighted by Gasteiger charge is -2.11. The SMILES string of the molecule is COCCCCNCC(O)COc1cnsn1. The Morgan fingerprint density at radius 3 is 3.12 bits per heavy atom. The third-order valence-electron chi connectivity index (χ3n) is 2.10. The minimum absolute atomic E-state index is 0.233. The molecule has 1 rings (SSSR count). The van der Waals surface area contributed by atoms with Crippen molar-refractivity contribution in [1.29, 1.82) is 0 Å². The summed E-state index contributed by atoms with van der Waals surface area (Å²) in [6, 6.07) is 0. The van der Waals surface area contributed by atoms with Gasteiger partial charge >= 0.3 is 0 Å². The van der Waals surface area contributed by atoms with E-state index in [1.807, 2.05) is 0 Å². The van der Waals surface area contributed by atoms with E-state index in [0.29, 0.717) is 12.4 Å². The minimum atomic E-state index is -0.529. The number of aliphatic hydroxyl groups is 1. The average molecular weight is 261 g/mol. The molecule has 1 atom stereocenters. The fraction of sp³-hybridized carbons (Fsp3) is 0.800. The summed E-state index contributed by atoms with van der Waals surface area (Å²) in [5.41, 5.74) is 0. The quantitative estimate of drug-likeness (QED) is 0.590. The summed E-state index contributed by atoms with van der Waals surface area (Å²) in [7, 11) is 1.70. The smallest absolute Gasteiger partial charge is 0.245 e. The number of hydrogen-bond acceptors (Lipinski definition) is 7. The van der Waals surface area contributed by atoms with Gasteiger partial charge in [0.05, 0.1) is 11.7 Å². The summed E-state index contributed by atoms with van der Waals surface area (Å²) in [6.45, 7) is 2.41. The summed E-state index contributed by atoms with van der Waals surface area (Å²) in [5.74, 6) is 0.467. The van der Waals surface area contributed by atoms with Crippen molar-refractivity contribution in [3.63, 3.8) is 0 Å². The van der Waals surface area contributed by atoms with E-state index in [2.05, 4.69) is 14.1 Å². The number of nitrogens with zero attached hydrogens (tertiary/aromatic N) is 2. The second-order valence-electron chi connectivity index (χ2n) is 3.61. The number of nitrogens with one attached hydrogen (secondary N) is 1. The lowest BCUT2D eigenvalue weighted by atomic mass is 10.3. The number of unbranched alkanes of at least 4 members (excludes halogenated alkanes) is 1. The molecule has 7 heteroatoms. The molecule has 0 saturated carbocycles. The Balaban J connectivity index is 1.92. The molecule has 6 nitrogen and oxygen atoms in total. The van der Waals surface area contributed by atoms with Crippen molar-refractivity contribution in [3.8, 4) is 5.88 Å². The molecule has 0 aliphatic heterocycles. The van der Waals surface area contributed by atoms with Gasteiger partial charge in [-0.1, -0.05) is 0 Å². The number of methoxy groups -OCH3 is 1. The van der Waals surface area contributed by atoms with Crippen molar-refractivity contribution < 1.29 is 14.6 Å². The Labute approximate surface area is 105 Å². The molecule has 0 bridgehead atoms. The molecule has 17 heavy (non-hydrogen) atoms. The first kappa shape index (κ1) is 14.3. The summed E-state index contributed by atoms with van der Waals surface area (Å²) in [5, 5.41) is 12.7. The van der Waals surface area contributed by atoms with Crippen LogP contribution in [0.4, 0.5) is 0 Å². The Hall–Kier alpha value is -0.760. The molecule has 0 aliphatic carbocycles. The molecular formula is C10H19N3O3S. The van der Waals surface area contributed by atoms with Gasteiger partial charge in [-0.25, -0.2) is 0 Å². The molecule has 0 fully saturated rings. The zero-order chi connectivity index (χ0) is 12.3. The molecule has 0 aromatic carbocycles. The first-order chi connectivity index (χ1) is 8.33. The molecular weight excluding hydrogens is 242 g/mol. The Kier molecular flexibility index (Phi) is 7.81. The van der Waals surface area contributed by atoms with Gasteiger partial charge in [-0.05, 0) is 19.4 Å². The van der Waals surface area contributed by atoms with Crippen LogP contribution in [0.2, 0.25) is 0 Å². The highest BCUT2D eigenvalue weighted by Gasteiger charge is 2.05. The molecule has 2 N–H and O–H groups in total. The molecule has 0 aliphatic rings. The Morgan fingerprint density at radius 1 is 1.53 bits per heavy atom. The number of aromatic nitrogens is 2. The van der Waals surface area contributed by atoms with Gasteiger partial charge in [0.2, 0.25) is 5.88 Å². The summed E-state index contributed by atoms with van der Waals surface area (Å²) >= 11 is 1.09. The van der Waals surface area contributed by atoms with Crippen LogP contribution < -0.4 is 10.1 Å². The minimum Gasteiger partial charge on any atom is -0.473 e. The van der Waals surface area contributed by atoms with E-state index in [1.165, 1.54) is 6.20 Å². The Morgan fingerprint density at radius 2 is 2.41 bits per heavy atom. The van der Waals surface area contributed by atoms with Crippen LogP contribution in [0.5, 0.6) is 5.88 Å². The van der Waals surface area contributed by atoms with Crippen LogP contribution in [-0.4, -0.2) is 53.4 Å². The van der Waals surface area contributed by atoms with Gasteiger partial charge in [-0.3, -0.25) is 0 Å². The summed E-state index contributed by atoms with van der Waals surface area (Å²) < 4.78 is 17.9. The van der Waals surface area contributed by atoms with Gasteiger partial charge in [-0.15, -0.1) is 4.37 Å². The van der Waals surface area contributed by atoms with E-state index in [9.17, 15) is 5.11 Å². The van der Waals surface area contributed by atoms with E-state index in [-0.39, 0.29) is 6.61 Å². The van der Waals surface area contributed by atoms with Gasteiger partial charge in [0, 0.05) is 20.3 Å². The second kappa shape index (κ2) is 9.29. The fourth-order valence-electron chi connectivity index (χ4n) is 1.23. The Bertz CT molecular complexity index is 272. The number of rotatable bonds is 10. The lowest BCUT2D eigenvalue weighted by molar-refractivity contribution is 0.104. The molecule has 1 heterocycles. The van der Waals surface area contributed by atoms with E-state index < -0.39 is 6.10 Å². The van der Waals surface area contributed by atoms with Crippen molar-refractivity contribution in [2.75, 3.05) is 33.4 Å². The highest BCUT2D eigenvalue weighted by atomic mass is 32.1. The van der Waals surface area contributed by atoms with Gasteiger partial charge in [0.25, 0.3) is 0 Å². The standard InChI is InChI=1S/C10H19N3O3S/c1-15-5-3-2-4-11-6-9(14)8-16-10-7-12-17-13-10/h7,9,11,14H,2-6,8H2,1H3. The van der Waals surface area contributed by atoms with Crippen molar-refractivity contribution in [1.82, 2.24) is 14.1 Å². The maximum atomic E-state index is 9.59. The number of hydrogen-bond donors (Lipinski definition) is 2.